The summed E-state index contributed by atoms with van der Waals surface area (Å²) in [6.07, 6.45) is 0.720. The summed E-state index contributed by atoms with van der Waals surface area (Å²) in [5, 5.41) is 2.88. The molecule has 34 heavy (non-hydrogen) atoms. The van der Waals surface area contributed by atoms with Gasteiger partial charge in [-0.15, -0.1) is 0 Å². The van der Waals surface area contributed by atoms with Gasteiger partial charge in [-0.25, -0.2) is 9.59 Å². The maximum Gasteiger partial charge on any atom is 0.410 e. The third kappa shape index (κ3) is 6.81. The second-order valence-electron chi connectivity index (χ2n) is 9.19. The Labute approximate surface area is 200 Å². The average Bonchev–Trinajstić information content (AvgIpc) is 3.29. The van der Waals surface area contributed by atoms with E-state index < -0.39 is 23.7 Å². The summed E-state index contributed by atoms with van der Waals surface area (Å²) in [5.41, 5.74) is 1.68. The molecular formula is C26H32N2O6. The van der Waals surface area contributed by atoms with Crippen LogP contribution in [0.15, 0.2) is 48.5 Å². The number of nitrogens with zero attached hydrogens (tertiary/aromatic N) is 1. The van der Waals surface area contributed by atoms with Gasteiger partial charge >= 0.3 is 12.1 Å². The molecule has 1 aliphatic rings. The van der Waals surface area contributed by atoms with Gasteiger partial charge in [-0.05, 0) is 51.3 Å². The Morgan fingerprint density at radius 1 is 1.06 bits per heavy atom. The highest BCUT2D eigenvalue weighted by atomic mass is 16.6. The molecule has 8 nitrogen and oxygen atoms in total. The Morgan fingerprint density at radius 2 is 1.79 bits per heavy atom. The predicted octanol–water partition coefficient (Wildman–Crippen LogP) is 4.53. The van der Waals surface area contributed by atoms with Crippen molar-refractivity contribution in [1.82, 2.24) is 4.90 Å². The SMILES string of the molecule is COCc1ccc(C(=O)OCc2ccccc2)cc1NC(=O)C1CCCN1C(=O)OC(C)(C)C. The molecule has 1 heterocycles. The number of nitrogens with one attached hydrogen (secondary N) is 1. The maximum atomic E-state index is 13.1. The number of hydrogen-bond acceptors (Lipinski definition) is 6. The van der Waals surface area contributed by atoms with Crippen molar-refractivity contribution < 1.29 is 28.6 Å². The molecule has 1 unspecified atom stereocenters. The number of amides is 2. The third-order valence-corrected chi connectivity index (χ3v) is 5.30. The van der Waals surface area contributed by atoms with E-state index in [-0.39, 0.29) is 19.1 Å². The smallest absolute Gasteiger partial charge is 0.410 e. The van der Waals surface area contributed by atoms with Crippen molar-refractivity contribution in [3.63, 3.8) is 0 Å². The monoisotopic (exact) mass is 468 g/mol. The molecule has 1 fully saturated rings. The van der Waals surface area contributed by atoms with Crippen molar-refractivity contribution in [3.05, 3.63) is 65.2 Å². The molecule has 0 radical (unpaired) electrons. The van der Waals surface area contributed by atoms with Crippen LogP contribution in [-0.2, 0) is 32.2 Å². The first-order valence-corrected chi connectivity index (χ1v) is 11.3. The van der Waals surface area contributed by atoms with Gasteiger partial charge in [0, 0.05) is 24.9 Å². The van der Waals surface area contributed by atoms with E-state index in [2.05, 4.69) is 5.32 Å². The zero-order valence-electron chi connectivity index (χ0n) is 20.1. The van der Waals surface area contributed by atoms with Crippen LogP contribution in [-0.4, -0.2) is 48.2 Å². The van der Waals surface area contributed by atoms with E-state index >= 15 is 0 Å². The maximum absolute atomic E-state index is 13.1. The Hall–Kier alpha value is -3.39. The van der Waals surface area contributed by atoms with Gasteiger partial charge in [0.15, 0.2) is 0 Å². The highest BCUT2D eigenvalue weighted by molar-refractivity contribution is 5.99. The normalized spacial score (nSPS) is 15.6. The molecule has 8 heteroatoms. The molecule has 182 valence electrons. The van der Waals surface area contributed by atoms with E-state index in [9.17, 15) is 14.4 Å². The van der Waals surface area contributed by atoms with Crippen molar-refractivity contribution in [2.45, 2.75) is 58.5 Å². The van der Waals surface area contributed by atoms with Gasteiger partial charge in [-0.1, -0.05) is 36.4 Å². The summed E-state index contributed by atoms with van der Waals surface area (Å²) in [5.74, 6) is -0.838. The highest BCUT2D eigenvalue weighted by Crippen LogP contribution is 2.25. The molecule has 0 aliphatic carbocycles. The Balaban J connectivity index is 1.73. The van der Waals surface area contributed by atoms with Crippen molar-refractivity contribution in [2.24, 2.45) is 0 Å². The highest BCUT2D eigenvalue weighted by Gasteiger charge is 2.36. The number of carbonyl (C=O) groups is 3. The minimum absolute atomic E-state index is 0.147. The lowest BCUT2D eigenvalue weighted by Crippen LogP contribution is -2.45. The number of benzene rings is 2. The number of ether oxygens (including phenoxy) is 3. The summed E-state index contributed by atoms with van der Waals surface area (Å²) < 4.78 is 16.1. The van der Waals surface area contributed by atoms with Crippen molar-refractivity contribution in [1.29, 1.82) is 0 Å². The van der Waals surface area contributed by atoms with Gasteiger partial charge in [0.05, 0.1) is 12.2 Å². The fourth-order valence-electron chi connectivity index (χ4n) is 3.70. The van der Waals surface area contributed by atoms with Crippen molar-refractivity contribution in [3.8, 4) is 0 Å². The van der Waals surface area contributed by atoms with Gasteiger partial charge in [-0.3, -0.25) is 9.69 Å². The molecule has 2 aromatic rings. The van der Waals surface area contributed by atoms with Crippen LogP contribution in [0.5, 0.6) is 0 Å². The number of esters is 1. The first-order chi connectivity index (χ1) is 16.2. The lowest BCUT2D eigenvalue weighted by molar-refractivity contribution is -0.120. The first-order valence-electron chi connectivity index (χ1n) is 11.3. The molecule has 2 amide bonds. The van der Waals surface area contributed by atoms with Gasteiger partial charge < -0.3 is 19.5 Å². The Kier molecular flexibility index (Phi) is 8.28. The molecule has 0 spiro atoms. The molecule has 1 atom stereocenters. The van der Waals surface area contributed by atoms with Crippen LogP contribution in [0.3, 0.4) is 0 Å². The van der Waals surface area contributed by atoms with Crippen LogP contribution in [0, 0.1) is 0 Å². The van der Waals surface area contributed by atoms with Crippen LogP contribution in [0.1, 0.15) is 55.1 Å². The number of rotatable bonds is 7. The lowest BCUT2D eigenvalue weighted by Gasteiger charge is -2.28. The molecular weight excluding hydrogens is 436 g/mol. The van der Waals surface area contributed by atoms with Gasteiger partial charge in [0.25, 0.3) is 0 Å². The first kappa shape index (κ1) is 25.2. The number of carbonyl (C=O) groups excluding carboxylic acids is 3. The van der Waals surface area contributed by atoms with Crippen molar-refractivity contribution in [2.75, 3.05) is 19.0 Å². The summed E-state index contributed by atoms with van der Waals surface area (Å²) in [6.45, 7) is 6.20. The topological polar surface area (TPSA) is 94.2 Å². The van der Waals surface area contributed by atoms with E-state index in [1.807, 2.05) is 30.3 Å². The molecule has 3 rings (SSSR count). The van der Waals surface area contributed by atoms with Gasteiger partial charge in [-0.2, -0.15) is 0 Å². The molecule has 1 aliphatic heterocycles. The summed E-state index contributed by atoms with van der Waals surface area (Å²) in [4.78, 5) is 39.8. The zero-order valence-corrected chi connectivity index (χ0v) is 20.1. The third-order valence-electron chi connectivity index (χ3n) is 5.30. The molecule has 1 N–H and O–H groups in total. The minimum atomic E-state index is -0.654. The molecule has 0 saturated carbocycles. The Bertz CT molecular complexity index is 1020. The van der Waals surface area contributed by atoms with Crippen molar-refractivity contribution >= 4 is 23.7 Å². The number of likely N-dealkylation sites (tertiary alicyclic amines) is 1. The van der Waals surface area contributed by atoms with Crippen LogP contribution in [0.4, 0.5) is 10.5 Å². The van der Waals surface area contributed by atoms with E-state index in [1.54, 1.807) is 46.1 Å². The number of hydrogen-bond donors (Lipinski definition) is 1. The Morgan fingerprint density at radius 3 is 2.47 bits per heavy atom. The fourth-order valence-corrected chi connectivity index (χ4v) is 3.70. The van der Waals surface area contributed by atoms with E-state index in [4.69, 9.17) is 14.2 Å². The fraction of sp³-hybridized carbons (Fsp3) is 0.423. The molecule has 1 saturated heterocycles. The molecule has 0 bridgehead atoms. The molecule has 2 aromatic carbocycles. The van der Waals surface area contributed by atoms with Gasteiger partial charge in [0.2, 0.25) is 5.91 Å². The quantitative estimate of drug-likeness (QED) is 0.600. The second-order valence-corrected chi connectivity index (χ2v) is 9.19. The zero-order chi connectivity index (χ0) is 24.7. The summed E-state index contributed by atoms with van der Waals surface area (Å²) in [6, 6.07) is 13.7. The van der Waals surface area contributed by atoms with E-state index in [1.165, 1.54) is 4.90 Å². The van der Waals surface area contributed by atoms with E-state index in [0.29, 0.717) is 36.2 Å². The average molecular weight is 469 g/mol. The van der Waals surface area contributed by atoms with Crippen LogP contribution >= 0.6 is 0 Å². The number of anilines is 1. The number of methoxy groups -OCH3 is 1. The second kappa shape index (κ2) is 11.2. The van der Waals surface area contributed by atoms with Crippen LogP contribution in [0.25, 0.3) is 0 Å². The largest absolute Gasteiger partial charge is 0.457 e. The van der Waals surface area contributed by atoms with Crippen LogP contribution < -0.4 is 5.32 Å². The summed E-state index contributed by atoms with van der Waals surface area (Å²) >= 11 is 0. The molecule has 0 aromatic heterocycles. The standard InChI is InChI=1S/C26H32N2O6/c1-26(2,3)34-25(31)28-14-8-11-22(28)23(29)27-21-15-19(12-13-20(21)17-32-4)24(30)33-16-18-9-6-5-7-10-18/h5-7,9-10,12-13,15,22H,8,11,14,16-17H2,1-4H3,(H,27,29). The van der Waals surface area contributed by atoms with E-state index in [0.717, 1.165) is 5.56 Å². The summed E-state index contributed by atoms with van der Waals surface area (Å²) in [7, 11) is 1.55. The lowest BCUT2D eigenvalue weighted by atomic mass is 10.1. The predicted molar refractivity (Wildman–Crippen MR) is 127 cm³/mol. The minimum Gasteiger partial charge on any atom is -0.457 e. The van der Waals surface area contributed by atoms with Gasteiger partial charge in [0.1, 0.15) is 18.2 Å². The van der Waals surface area contributed by atoms with Crippen LogP contribution in [0.2, 0.25) is 0 Å².